The van der Waals surface area contributed by atoms with Crippen LogP contribution in [0.25, 0.3) is 0 Å². The minimum absolute atomic E-state index is 0.0384. The second kappa shape index (κ2) is 51.8. The summed E-state index contributed by atoms with van der Waals surface area (Å²) in [5.74, 6) is -0.394. The summed E-state index contributed by atoms with van der Waals surface area (Å²) in [6.07, 6.45) is 66.6. The molecule has 0 amide bonds. The molecule has 3 atom stereocenters. The van der Waals surface area contributed by atoms with Crippen LogP contribution in [0.15, 0.2) is 97.2 Å². The molecule has 380 valence electrons. The predicted molar refractivity (Wildman–Crippen MR) is 278 cm³/mol. The second-order valence-corrected chi connectivity index (χ2v) is 18.6. The summed E-state index contributed by atoms with van der Waals surface area (Å²) >= 11 is 0. The van der Waals surface area contributed by atoms with E-state index in [1.165, 1.54) is 83.5 Å². The van der Waals surface area contributed by atoms with Gasteiger partial charge in [0.1, 0.15) is 12.2 Å². The maximum Gasteiger partial charge on any atom is 0.472 e. The smallest absolute Gasteiger partial charge is 0.457 e. The Balaban J connectivity index is 4.09. The first kappa shape index (κ1) is 63.4. The zero-order valence-corrected chi connectivity index (χ0v) is 42.8. The van der Waals surface area contributed by atoms with Gasteiger partial charge in [0.2, 0.25) is 0 Å². The lowest BCUT2D eigenvalue weighted by Crippen LogP contribution is -2.29. The van der Waals surface area contributed by atoms with E-state index >= 15 is 0 Å². The monoisotopic (exact) mass is 945 g/mol. The van der Waals surface area contributed by atoms with Crippen LogP contribution in [0.5, 0.6) is 0 Å². The molecule has 0 spiro atoms. The number of ether oxygens (including phenoxy) is 2. The van der Waals surface area contributed by atoms with E-state index in [-0.39, 0.29) is 19.6 Å². The van der Waals surface area contributed by atoms with Gasteiger partial charge < -0.3 is 24.6 Å². The minimum atomic E-state index is -4.53. The van der Waals surface area contributed by atoms with E-state index in [1.807, 2.05) is 0 Å². The molecule has 0 aromatic heterocycles. The van der Waals surface area contributed by atoms with Crippen molar-refractivity contribution in [2.45, 2.75) is 219 Å². The van der Waals surface area contributed by atoms with Gasteiger partial charge in [0.25, 0.3) is 0 Å². The number of phosphoric acid groups is 1. The number of carbonyl (C=O) groups is 1. The van der Waals surface area contributed by atoms with Gasteiger partial charge >= 0.3 is 13.8 Å². The molecule has 9 nitrogen and oxygen atoms in total. The molecule has 0 bridgehead atoms. The van der Waals surface area contributed by atoms with E-state index in [0.717, 1.165) is 96.3 Å². The molecule has 0 fully saturated rings. The van der Waals surface area contributed by atoms with Gasteiger partial charge in [-0.1, -0.05) is 207 Å². The molecule has 0 radical (unpaired) electrons. The van der Waals surface area contributed by atoms with Crippen molar-refractivity contribution in [3.63, 3.8) is 0 Å². The van der Waals surface area contributed by atoms with E-state index < -0.39 is 39.2 Å². The Morgan fingerprint density at radius 3 is 1.23 bits per heavy atom. The summed E-state index contributed by atoms with van der Waals surface area (Å²) in [6.45, 7) is 3.28. The average Bonchev–Trinajstić information content (AvgIpc) is 3.31. The number of hydrogen-bond donors (Lipinski definition) is 3. The van der Waals surface area contributed by atoms with Crippen molar-refractivity contribution >= 4 is 13.8 Å². The van der Waals surface area contributed by atoms with Crippen molar-refractivity contribution in [1.82, 2.24) is 0 Å². The Labute approximate surface area is 404 Å². The molecule has 0 aromatic rings. The number of phosphoric ester groups is 1. The highest BCUT2D eigenvalue weighted by molar-refractivity contribution is 7.47. The van der Waals surface area contributed by atoms with E-state index in [0.29, 0.717) is 13.0 Å². The highest BCUT2D eigenvalue weighted by atomic mass is 31.2. The number of unbranched alkanes of at least 4 members (excludes halogenated alkanes) is 19. The standard InChI is InChI=1S/C56H97O9P/c1-3-5-7-9-11-13-15-17-19-21-23-25-26-27-29-31-33-35-37-39-41-43-45-47-49-62-52-55(53-64-66(60,61)63-51-54(58)50-57)65-56(59)48-46-44-42-40-38-36-34-32-30-28-24-22-20-18-16-14-12-10-8-6-4-2/h5-8,11-14,17-20,23-25,28,54-55,57-58H,3-4,9-10,15-16,21-22,26-27,29-53H2,1-2H3,(H,60,61)/b7-5-,8-6-,13-11-,14-12-,19-17-,20-18-,25-23-,28-24-. The predicted octanol–water partition coefficient (Wildman–Crippen LogP) is 15.6. The van der Waals surface area contributed by atoms with Gasteiger partial charge in [0.05, 0.1) is 26.4 Å². The molecule has 0 aromatic carbocycles. The third-order valence-corrected chi connectivity index (χ3v) is 11.7. The average molecular weight is 945 g/mol. The molecule has 0 rings (SSSR count). The van der Waals surface area contributed by atoms with Gasteiger partial charge in [-0.25, -0.2) is 4.57 Å². The first-order valence-electron chi connectivity index (χ1n) is 26.2. The molecule has 0 saturated carbocycles. The van der Waals surface area contributed by atoms with Crippen LogP contribution in [0.3, 0.4) is 0 Å². The van der Waals surface area contributed by atoms with Gasteiger partial charge in [0.15, 0.2) is 0 Å². The van der Waals surface area contributed by atoms with Crippen molar-refractivity contribution in [3.8, 4) is 0 Å². The van der Waals surface area contributed by atoms with Gasteiger partial charge in [0, 0.05) is 13.0 Å². The number of esters is 1. The molecule has 0 saturated heterocycles. The maximum atomic E-state index is 12.7. The van der Waals surface area contributed by atoms with Gasteiger partial charge in [-0.2, -0.15) is 0 Å². The molecule has 3 N–H and O–H groups in total. The van der Waals surface area contributed by atoms with Crippen LogP contribution in [0.2, 0.25) is 0 Å². The van der Waals surface area contributed by atoms with Crippen molar-refractivity contribution in [1.29, 1.82) is 0 Å². The number of aliphatic hydroxyl groups is 2. The number of carbonyl (C=O) groups excluding carboxylic acids is 1. The Kier molecular flexibility index (Phi) is 49.7. The van der Waals surface area contributed by atoms with Crippen molar-refractivity contribution in [2.24, 2.45) is 0 Å². The number of hydrogen-bond acceptors (Lipinski definition) is 8. The first-order chi connectivity index (χ1) is 32.3. The van der Waals surface area contributed by atoms with Crippen LogP contribution >= 0.6 is 7.82 Å². The summed E-state index contributed by atoms with van der Waals surface area (Å²) in [7, 11) is -4.53. The highest BCUT2D eigenvalue weighted by Crippen LogP contribution is 2.43. The van der Waals surface area contributed by atoms with Crippen LogP contribution in [-0.4, -0.2) is 66.3 Å². The Morgan fingerprint density at radius 2 is 0.818 bits per heavy atom. The maximum absolute atomic E-state index is 12.7. The Hall–Kier alpha value is -2.62. The van der Waals surface area contributed by atoms with Crippen molar-refractivity contribution < 1.29 is 43.0 Å². The summed E-state index contributed by atoms with van der Waals surface area (Å²) in [5, 5.41) is 18.4. The fourth-order valence-corrected chi connectivity index (χ4v) is 7.66. The molecule has 66 heavy (non-hydrogen) atoms. The highest BCUT2D eigenvalue weighted by Gasteiger charge is 2.26. The largest absolute Gasteiger partial charge is 0.472 e. The molecular formula is C56H97O9P. The molecule has 3 unspecified atom stereocenters. The lowest BCUT2D eigenvalue weighted by Gasteiger charge is -2.20. The quantitative estimate of drug-likeness (QED) is 0.0236. The number of rotatable bonds is 49. The normalized spacial score (nSPS) is 14.6. The summed E-state index contributed by atoms with van der Waals surface area (Å²) < 4.78 is 33.6. The minimum Gasteiger partial charge on any atom is -0.457 e. The fraction of sp³-hybridized carbons (Fsp3) is 0.696. The van der Waals surface area contributed by atoms with Gasteiger partial charge in [-0.3, -0.25) is 13.8 Å². The number of aliphatic hydroxyl groups excluding tert-OH is 2. The molecule has 0 aliphatic heterocycles. The fourth-order valence-electron chi connectivity index (χ4n) is 6.87. The summed E-state index contributed by atoms with van der Waals surface area (Å²) in [6, 6.07) is 0. The Bertz CT molecular complexity index is 1350. The third-order valence-electron chi connectivity index (χ3n) is 10.8. The Morgan fingerprint density at radius 1 is 0.470 bits per heavy atom. The van der Waals surface area contributed by atoms with Gasteiger partial charge in [-0.15, -0.1) is 0 Å². The molecule has 0 aliphatic carbocycles. The van der Waals surface area contributed by atoms with Crippen LogP contribution < -0.4 is 0 Å². The second-order valence-electron chi connectivity index (χ2n) is 17.1. The lowest BCUT2D eigenvalue weighted by molar-refractivity contribution is -0.154. The van der Waals surface area contributed by atoms with E-state index in [4.69, 9.17) is 23.6 Å². The van der Waals surface area contributed by atoms with Crippen LogP contribution in [0.4, 0.5) is 0 Å². The zero-order valence-electron chi connectivity index (χ0n) is 41.9. The van der Waals surface area contributed by atoms with Gasteiger partial charge in [-0.05, 0) is 89.9 Å². The van der Waals surface area contributed by atoms with Crippen LogP contribution in [-0.2, 0) is 27.9 Å². The zero-order chi connectivity index (χ0) is 48.1. The number of allylic oxidation sites excluding steroid dienone is 16. The van der Waals surface area contributed by atoms with Crippen LogP contribution in [0, 0.1) is 0 Å². The van der Waals surface area contributed by atoms with Crippen molar-refractivity contribution in [3.05, 3.63) is 97.2 Å². The molecule has 10 heteroatoms. The van der Waals surface area contributed by atoms with E-state index in [2.05, 4.69) is 111 Å². The summed E-state index contributed by atoms with van der Waals surface area (Å²) in [5.41, 5.74) is 0. The van der Waals surface area contributed by atoms with Crippen molar-refractivity contribution in [2.75, 3.05) is 33.0 Å². The first-order valence-corrected chi connectivity index (χ1v) is 27.7. The topological polar surface area (TPSA) is 132 Å². The summed E-state index contributed by atoms with van der Waals surface area (Å²) in [4.78, 5) is 22.7. The molecule has 0 aliphatic rings. The van der Waals surface area contributed by atoms with E-state index in [1.54, 1.807) is 0 Å². The SMILES string of the molecule is CC/C=C\C/C=C\C/C=C\C/C=C\CCCCCCCCCCCCCOCC(COP(=O)(O)OCC(O)CO)OC(=O)CCCCCCCCCC/C=C\C/C=C\C/C=C\C/C=C\CC. The van der Waals surface area contributed by atoms with E-state index in [9.17, 15) is 19.4 Å². The molecular weight excluding hydrogens is 848 g/mol. The third kappa shape index (κ3) is 50.8. The molecule has 0 heterocycles. The lowest BCUT2D eigenvalue weighted by atomic mass is 10.1. The van der Waals surface area contributed by atoms with Crippen LogP contribution in [0.1, 0.15) is 206 Å².